The normalized spacial score (nSPS) is 10.1. The largest absolute Gasteiger partial charge is 0.0620 e. The summed E-state index contributed by atoms with van der Waals surface area (Å²) in [6, 6.07) is 146. The standard InChI is InChI=1S/4C14H14.4C12H12.3C8H10/c1-11-3-7-13(8-4-11)14-9-5-12(2)6-10-14;1-11-5-3-7-13(9-11)14-8-4-6-12(2)10-14;1-11-6-5-8-13(10-11)14-9-4-3-7-12(14)2;1-11-6-8-13(9-7-11)14-5-3-4-12(2)10-14;1-9-3-5-12-8-10(2)4-6-11(12)7-9;1-9-3-5-11-6-4-10(2)8-12(11)7-9;1-9-6-7-12-10(2)4-3-5-11(12)8-9;1-9-7-8-10(2)12-6-4-3-5-11(9)12;1-7-3-5-8(2)6-4-7;1-7-4-3-5-8(2)6-7;1-7-5-3-4-6-8(7)2/h4*3-10H,1-2H3;4*3-8H,1-2H3;3*3-6H,1-2H3. The molecule has 128 heavy (non-hydrogen) atoms. The molecule has 646 valence electrons. The van der Waals surface area contributed by atoms with Gasteiger partial charge in [0.15, 0.2) is 0 Å². The van der Waals surface area contributed by atoms with E-state index in [1.165, 1.54) is 210 Å². The lowest BCUT2D eigenvalue weighted by Crippen LogP contribution is -1.82. The zero-order valence-corrected chi connectivity index (χ0v) is 80.3. The third kappa shape index (κ3) is 33.0. The Morgan fingerprint density at radius 3 is 0.695 bits per heavy atom. The fourth-order valence-corrected chi connectivity index (χ4v) is 14.7. The Bertz CT molecular complexity index is 6370. The van der Waals surface area contributed by atoms with Crippen LogP contribution in [-0.4, -0.2) is 0 Å². The van der Waals surface area contributed by atoms with Crippen molar-refractivity contribution in [3.05, 3.63) is 535 Å². The Labute approximate surface area is 769 Å². The first-order chi connectivity index (χ1) is 61.5. The van der Waals surface area contributed by atoms with Crippen LogP contribution < -0.4 is 0 Å². The van der Waals surface area contributed by atoms with Gasteiger partial charge in [0.2, 0.25) is 0 Å². The number of hydrogen-bond acceptors (Lipinski definition) is 0. The summed E-state index contributed by atoms with van der Waals surface area (Å²) in [5.41, 5.74) is 39.7. The van der Waals surface area contributed by atoms with Crippen molar-refractivity contribution < 1.29 is 0 Å². The lowest BCUT2D eigenvalue weighted by molar-refractivity contribution is 1.34. The predicted octanol–water partition coefficient (Wildman–Crippen LogP) is 36.6. The zero-order valence-electron chi connectivity index (χ0n) is 80.3. The van der Waals surface area contributed by atoms with Gasteiger partial charge in [-0.05, 0) is 273 Å². The quantitative estimate of drug-likeness (QED) is 0.165. The summed E-state index contributed by atoms with van der Waals surface area (Å²) in [7, 11) is 0. The fraction of sp³-hybridized carbons (Fsp3) is 0.172. The molecule has 0 aromatic heterocycles. The van der Waals surface area contributed by atoms with E-state index in [1.54, 1.807) is 0 Å². The van der Waals surface area contributed by atoms with Gasteiger partial charge in [-0.15, -0.1) is 0 Å². The summed E-state index contributed by atoms with van der Waals surface area (Å²) in [6.45, 7) is 46.7. The summed E-state index contributed by atoms with van der Waals surface area (Å²) < 4.78 is 0. The molecule has 0 aliphatic carbocycles. The van der Waals surface area contributed by atoms with Crippen molar-refractivity contribution >= 4 is 43.1 Å². The van der Waals surface area contributed by atoms with Crippen LogP contribution in [0.4, 0.5) is 0 Å². The fourth-order valence-electron chi connectivity index (χ4n) is 14.7. The zero-order chi connectivity index (χ0) is 92.0. The Balaban J connectivity index is 0.000000160. The highest BCUT2D eigenvalue weighted by molar-refractivity contribution is 5.89. The Kier molecular flexibility index (Phi) is 38.6. The minimum absolute atomic E-state index is 1.29. The van der Waals surface area contributed by atoms with Gasteiger partial charge < -0.3 is 0 Å². The average Bonchev–Trinajstić information content (AvgIpc) is 0.868. The lowest BCUT2D eigenvalue weighted by Gasteiger charge is -2.05. The van der Waals surface area contributed by atoms with E-state index in [0.717, 1.165) is 0 Å². The van der Waals surface area contributed by atoms with Gasteiger partial charge in [-0.3, -0.25) is 0 Å². The van der Waals surface area contributed by atoms with Gasteiger partial charge in [-0.2, -0.15) is 0 Å². The van der Waals surface area contributed by atoms with Gasteiger partial charge >= 0.3 is 0 Å². The van der Waals surface area contributed by atoms with Crippen LogP contribution in [0.2, 0.25) is 0 Å². The van der Waals surface area contributed by atoms with Crippen molar-refractivity contribution in [2.45, 2.75) is 152 Å². The van der Waals surface area contributed by atoms with Crippen LogP contribution in [0.15, 0.2) is 413 Å². The number of benzene rings is 19. The molecule has 0 unspecified atom stereocenters. The number of rotatable bonds is 4. The summed E-state index contributed by atoms with van der Waals surface area (Å²) in [5.74, 6) is 0. The maximum absolute atomic E-state index is 2.22. The van der Waals surface area contributed by atoms with Crippen LogP contribution in [0.1, 0.15) is 122 Å². The van der Waals surface area contributed by atoms with Gasteiger partial charge in [-0.1, -0.05) is 502 Å². The van der Waals surface area contributed by atoms with E-state index in [9.17, 15) is 0 Å². The highest BCUT2D eigenvalue weighted by Crippen LogP contribution is 2.28. The second kappa shape index (κ2) is 50.4. The van der Waals surface area contributed by atoms with Crippen LogP contribution >= 0.6 is 0 Å². The minimum atomic E-state index is 1.29. The molecule has 0 heterocycles. The SMILES string of the molecule is Cc1ccc(-c2ccc(C)cc2)cc1.Cc1ccc(-c2cccc(C)c2)cc1.Cc1ccc(C)c2ccccc12.Cc1ccc(C)cc1.Cc1ccc2c(C)cccc2c1.Cc1ccc2cc(C)ccc2c1.Cc1ccc2ccc(C)cc2c1.Cc1cccc(-c2cccc(C)c2)c1.Cc1cccc(-c2ccccc2C)c1.Cc1cccc(C)c1.Cc1ccccc1C. The summed E-state index contributed by atoms with van der Waals surface area (Å²) in [5, 5.41) is 10.8. The summed E-state index contributed by atoms with van der Waals surface area (Å²) >= 11 is 0. The van der Waals surface area contributed by atoms with E-state index in [-0.39, 0.29) is 0 Å². The molecule has 0 atom stereocenters. The first-order valence-electron chi connectivity index (χ1n) is 45.0. The topological polar surface area (TPSA) is 0 Å². The first-order valence-corrected chi connectivity index (χ1v) is 45.0. The van der Waals surface area contributed by atoms with E-state index < -0.39 is 0 Å². The number of fused-ring (bicyclic) bond motifs is 4. The number of hydrogen-bond donors (Lipinski definition) is 0. The van der Waals surface area contributed by atoms with Crippen LogP contribution in [0, 0.1) is 152 Å². The minimum Gasteiger partial charge on any atom is -0.0620 e. The average molecular weight is 1670 g/mol. The van der Waals surface area contributed by atoms with Crippen molar-refractivity contribution in [3.63, 3.8) is 0 Å². The molecule has 0 bridgehead atoms. The molecule has 0 fully saturated rings. The van der Waals surface area contributed by atoms with Gasteiger partial charge in [0.1, 0.15) is 0 Å². The van der Waals surface area contributed by atoms with E-state index in [1.807, 2.05) is 0 Å². The smallest absolute Gasteiger partial charge is 0.0152 e. The third-order valence-corrected chi connectivity index (χ3v) is 22.4. The van der Waals surface area contributed by atoms with Crippen molar-refractivity contribution in [3.8, 4) is 44.5 Å². The van der Waals surface area contributed by atoms with E-state index in [4.69, 9.17) is 0 Å². The van der Waals surface area contributed by atoms with Gasteiger partial charge in [0.05, 0.1) is 0 Å². The molecule has 0 aliphatic heterocycles. The van der Waals surface area contributed by atoms with E-state index >= 15 is 0 Å². The van der Waals surface area contributed by atoms with E-state index in [2.05, 4.69) is 565 Å². The molecule has 0 amide bonds. The molecule has 0 heteroatoms. The second-order valence-corrected chi connectivity index (χ2v) is 34.5. The molecule has 0 N–H and O–H groups in total. The molecule has 19 aromatic rings. The highest BCUT2D eigenvalue weighted by Gasteiger charge is 2.05. The number of aryl methyl sites for hydroxylation is 22. The van der Waals surface area contributed by atoms with E-state index in [0.29, 0.717) is 0 Å². The predicted molar refractivity (Wildman–Crippen MR) is 567 cm³/mol. The summed E-state index contributed by atoms with van der Waals surface area (Å²) in [4.78, 5) is 0. The molecule has 19 aromatic carbocycles. The Morgan fingerprint density at radius 2 is 0.344 bits per heavy atom. The van der Waals surface area contributed by atoms with Crippen LogP contribution in [0.25, 0.3) is 87.6 Å². The molecular weight excluding hydrogens is 1540 g/mol. The molecule has 19 rings (SSSR count). The Hall–Kier alpha value is -13.8. The lowest BCUT2D eigenvalue weighted by atomic mass is 9.99. The molecule has 0 radical (unpaired) electrons. The molecular formula is C128H134. The van der Waals surface area contributed by atoms with Crippen molar-refractivity contribution in [2.24, 2.45) is 0 Å². The second-order valence-electron chi connectivity index (χ2n) is 34.5. The van der Waals surface area contributed by atoms with Crippen molar-refractivity contribution in [1.29, 1.82) is 0 Å². The van der Waals surface area contributed by atoms with Crippen molar-refractivity contribution in [2.75, 3.05) is 0 Å². The maximum Gasteiger partial charge on any atom is -0.0152 e. The summed E-state index contributed by atoms with van der Waals surface area (Å²) in [6.07, 6.45) is 0. The molecule has 0 aliphatic rings. The van der Waals surface area contributed by atoms with Gasteiger partial charge in [-0.25, -0.2) is 0 Å². The molecule has 0 saturated carbocycles. The Morgan fingerprint density at radius 1 is 0.102 bits per heavy atom. The molecule has 0 spiro atoms. The molecule has 0 saturated heterocycles. The van der Waals surface area contributed by atoms with Crippen LogP contribution in [-0.2, 0) is 0 Å². The highest BCUT2D eigenvalue weighted by atomic mass is 14.1. The van der Waals surface area contributed by atoms with Crippen LogP contribution in [0.5, 0.6) is 0 Å². The van der Waals surface area contributed by atoms with Gasteiger partial charge in [0, 0.05) is 0 Å². The third-order valence-electron chi connectivity index (χ3n) is 22.4. The monoisotopic (exact) mass is 1670 g/mol. The maximum atomic E-state index is 2.22. The van der Waals surface area contributed by atoms with Gasteiger partial charge in [0.25, 0.3) is 0 Å². The van der Waals surface area contributed by atoms with Crippen LogP contribution in [0.3, 0.4) is 0 Å². The molecule has 0 nitrogen and oxygen atoms in total. The first kappa shape index (κ1) is 98.0. The van der Waals surface area contributed by atoms with Crippen molar-refractivity contribution in [1.82, 2.24) is 0 Å².